The van der Waals surface area contributed by atoms with Crippen molar-refractivity contribution in [1.82, 2.24) is 15.5 Å². The van der Waals surface area contributed by atoms with E-state index in [4.69, 9.17) is 4.52 Å². The number of anilines is 1. The van der Waals surface area contributed by atoms with Crippen LogP contribution in [0.3, 0.4) is 0 Å². The molecule has 1 aromatic heterocycles. The molecule has 1 aliphatic rings. The Kier molecular flexibility index (Phi) is 5.41. The summed E-state index contributed by atoms with van der Waals surface area (Å²) in [6, 6.07) is 18.1. The Morgan fingerprint density at radius 3 is 2.41 bits per heavy atom. The molecule has 2 amide bonds. The van der Waals surface area contributed by atoms with E-state index < -0.39 is 23.7 Å². The van der Waals surface area contributed by atoms with Crippen LogP contribution >= 0.6 is 0 Å². The number of carbonyl (C=O) groups is 1. The maximum atomic E-state index is 14.1. The second kappa shape index (κ2) is 8.55. The molecule has 8 heteroatoms. The second-order valence-electron chi connectivity index (χ2n) is 8.04. The Labute approximate surface area is 194 Å². The number of benzene rings is 3. The van der Waals surface area contributed by atoms with Crippen molar-refractivity contribution >= 4 is 17.3 Å². The molecule has 4 aromatic rings. The minimum Gasteiger partial charge on any atom is -0.334 e. The van der Waals surface area contributed by atoms with Crippen molar-refractivity contribution in [2.24, 2.45) is 0 Å². The van der Waals surface area contributed by atoms with Gasteiger partial charge in [0.2, 0.25) is 5.82 Å². The highest BCUT2D eigenvalue weighted by atomic mass is 19.1. The van der Waals surface area contributed by atoms with Crippen LogP contribution in [0.5, 0.6) is 0 Å². The number of hydrogen-bond acceptors (Lipinski definition) is 4. The van der Waals surface area contributed by atoms with Crippen molar-refractivity contribution in [3.05, 3.63) is 107 Å². The third-order valence-electron chi connectivity index (χ3n) is 5.67. The average molecular weight is 458 g/mol. The number of aryl methyl sites for hydroxylation is 1. The van der Waals surface area contributed by atoms with Crippen molar-refractivity contribution in [3.8, 4) is 11.4 Å². The molecular weight excluding hydrogens is 438 g/mol. The molecule has 0 spiro atoms. The van der Waals surface area contributed by atoms with E-state index in [1.807, 2.05) is 31.2 Å². The van der Waals surface area contributed by atoms with Crippen LogP contribution in [0, 0.1) is 18.6 Å². The van der Waals surface area contributed by atoms with E-state index in [2.05, 4.69) is 15.5 Å². The SMILES string of the molecule is CC1=C(c2nc(-c3cccc(C)c3)no2)C(c2cccc(F)c2)NC(=O)N1c1cccc(F)c1. The Morgan fingerprint density at radius 1 is 0.941 bits per heavy atom. The summed E-state index contributed by atoms with van der Waals surface area (Å²) in [5, 5.41) is 7.01. The third kappa shape index (κ3) is 3.94. The number of nitrogens with zero attached hydrogens (tertiary/aromatic N) is 3. The van der Waals surface area contributed by atoms with E-state index in [0.29, 0.717) is 28.3 Å². The number of allylic oxidation sites excluding steroid dienone is 1. The fraction of sp³-hybridized carbons (Fsp3) is 0.115. The molecule has 3 aromatic carbocycles. The summed E-state index contributed by atoms with van der Waals surface area (Å²) < 4.78 is 33.6. The average Bonchev–Trinajstić information content (AvgIpc) is 3.28. The van der Waals surface area contributed by atoms with Crippen LogP contribution < -0.4 is 10.2 Å². The van der Waals surface area contributed by atoms with Gasteiger partial charge in [0.15, 0.2) is 0 Å². The predicted molar refractivity (Wildman–Crippen MR) is 124 cm³/mol. The zero-order valence-corrected chi connectivity index (χ0v) is 18.4. The van der Waals surface area contributed by atoms with Crippen LogP contribution in [-0.2, 0) is 0 Å². The molecule has 5 rings (SSSR count). The van der Waals surface area contributed by atoms with Crippen molar-refractivity contribution in [2.45, 2.75) is 19.9 Å². The third-order valence-corrected chi connectivity index (χ3v) is 5.67. The monoisotopic (exact) mass is 458 g/mol. The first kappa shape index (κ1) is 21.5. The topological polar surface area (TPSA) is 71.3 Å². The minimum absolute atomic E-state index is 0.171. The fourth-order valence-electron chi connectivity index (χ4n) is 4.12. The number of nitrogens with one attached hydrogen (secondary N) is 1. The van der Waals surface area contributed by atoms with Gasteiger partial charge in [-0.15, -0.1) is 0 Å². The standard InChI is InChI=1S/C26H20F2N4O2/c1-15-6-3-8-18(12-15)24-30-25(34-31-24)22-16(2)32(21-11-5-10-20(28)14-21)26(33)29-23(22)17-7-4-9-19(27)13-17/h3-14,23H,1-2H3,(H,29,33). The summed E-state index contributed by atoms with van der Waals surface area (Å²) in [5.74, 6) is -0.371. The lowest BCUT2D eigenvalue weighted by Crippen LogP contribution is -2.46. The van der Waals surface area contributed by atoms with Crippen molar-refractivity contribution < 1.29 is 18.1 Å². The second-order valence-corrected chi connectivity index (χ2v) is 8.04. The number of urea groups is 1. The lowest BCUT2D eigenvalue weighted by atomic mass is 9.94. The lowest BCUT2D eigenvalue weighted by molar-refractivity contribution is 0.244. The number of hydrogen-bond donors (Lipinski definition) is 1. The quantitative estimate of drug-likeness (QED) is 0.406. The molecule has 170 valence electrons. The highest BCUT2D eigenvalue weighted by Gasteiger charge is 2.36. The van der Waals surface area contributed by atoms with E-state index in [0.717, 1.165) is 11.1 Å². The van der Waals surface area contributed by atoms with Crippen LogP contribution in [0.15, 0.2) is 83.0 Å². The number of rotatable bonds is 4. The molecule has 34 heavy (non-hydrogen) atoms. The van der Waals surface area contributed by atoms with Crippen LogP contribution in [0.4, 0.5) is 19.3 Å². The van der Waals surface area contributed by atoms with Gasteiger partial charge >= 0.3 is 6.03 Å². The molecule has 1 N–H and O–H groups in total. The van der Waals surface area contributed by atoms with E-state index in [9.17, 15) is 13.6 Å². The first-order valence-corrected chi connectivity index (χ1v) is 10.6. The Morgan fingerprint density at radius 2 is 1.68 bits per heavy atom. The Hall–Kier alpha value is -4.33. The zero-order valence-electron chi connectivity index (χ0n) is 18.4. The molecule has 1 aliphatic heterocycles. The molecule has 0 bridgehead atoms. The zero-order chi connectivity index (χ0) is 23.8. The first-order chi connectivity index (χ1) is 16.4. The van der Waals surface area contributed by atoms with Gasteiger partial charge in [-0.25, -0.2) is 13.6 Å². The van der Waals surface area contributed by atoms with Crippen LogP contribution in [-0.4, -0.2) is 16.2 Å². The summed E-state index contributed by atoms with van der Waals surface area (Å²) in [6.07, 6.45) is 0. The van der Waals surface area contributed by atoms with Crippen LogP contribution in [0.1, 0.15) is 30.0 Å². The Bertz CT molecular complexity index is 1430. The maximum Gasteiger partial charge on any atom is 0.327 e. The van der Waals surface area contributed by atoms with Crippen molar-refractivity contribution in [3.63, 3.8) is 0 Å². The maximum absolute atomic E-state index is 14.1. The van der Waals surface area contributed by atoms with E-state index in [-0.39, 0.29) is 5.89 Å². The lowest BCUT2D eigenvalue weighted by Gasteiger charge is -2.35. The molecule has 0 fully saturated rings. The van der Waals surface area contributed by atoms with Gasteiger partial charge < -0.3 is 9.84 Å². The van der Waals surface area contributed by atoms with Crippen molar-refractivity contribution in [1.29, 1.82) is 0 Å². The largest absolute Gasteiger partial charge is 0.334 e. The molecule has 1 unspecified atom stereocenters. The highest BCUT2D eigenvalue weighted by molar-refractivity contribution is 6.01. The fourth-order valence-corrected chi connectivity index (χ4v) is 4.12. The van der Waals surface area contributed by atoms with Gasteiger partial charge in [-0.2, -0.15) is 4.98 Å². The number of carbonyl (C=O) groups excluding carboxylic acids is 1. The van der Waals surface area contributed by atoms with E-state index in [1.165, 1.54) is 35.2 Å². The van der Waals surface area contributed by atoms with Gasteiger partial charge in [0.05, 0.1) is 17.3 Å². The molecule has 0 aliphatic carbocycles. The number of halogens is 2. The summed E-state index contributed by atoms with van der Waals surface area (Å²) >= 11 is 0. The van der Waals surface area contributed by atoms with E-state index in [1.54, 1.807) is 25.1 Å². The molecule has 0 radical (unpaired) electrons. The summed E-state index contributed by atoms with van der Waals surface area (Å²) in [5.41, 5.74) is 3.61. The minimum atomic E-state index is -0.751. The van der Waals surface area contributed by atoms with Gasteiger partial charge in [-0.05, 0) is 55.8 Å². The summed E-state index contributed by atoms with van der Waals surface area (Å²) in [6.45, 7) is 3.67. The van der Waals surface area contributed by atoms with Gasteiger partial charge in [0.25, 0.3) is 5.89 Å². The van der Waals surface area contributed by atoms with Gasteiger partial charge in [0.1, 0.15) is 11.6 Å². The number of aromatic nitrogens is 2. The van der Waals surface area contributed by atoms with E-state index >= 15 is 0 Å². The van der Waals surface area contributed by atoms with Gasteiger partial charge in [0, 0.05) is 11.3 Å². The molecule has 2 heterocycles. The molecule has 0 saturated carbocycles. The van der Waals surface area contributed by atoms with Crippen LogP contribution in [0.2, 0.25) is 0 Å². The summed E-state index contributed by atoms with van der Waals surface area (Å²) in [7, 11) is 0. The molecule has 1 atom stereocenters. The highest BCUT2D eigenvalue weighted by Crippen LogP contribution is 2.39. The van der Waals surface area contributed by atoms with Gasteiger partial charge in [-0.1, -0.05) is 47.1 Å². The molecule has 0 saturated heterocycles. The van der Waals surface area contributed by atoms with Crippen LogP contribution in [0.25, 0.3) is 17.0 Å². The predicted octanol–water partition coefficient (Wildman–Crippen LogP) is 6.03. The van der Waals surface area contributed by atoms with Crippen molar-refractivity contribution in [2.75, 3.05) is 4.90 Å². The smallest absolute Gasteiger partial charge is 0.327 e. The summed E-state index contributed by atoms with van der Waals surface area (Å²) in [4.78, 5) is 19.0. The first-order valence-electron chi connectivity index (χ1n) is 10.6. The van der Waals surface area contributed by atoms with Gasteiger partial charge in [-0.3, -0.25) is 4.90 Å². The Balaban J connectivity index is 1.67. The number of amides is 2. The molecule has 6 nitrogen and oxygen atoms in total. The normalized spacial score (nSPS) is 16.1. The molecular formula is C26H20F2N4O2.